The number of hydrogen-bond acceptors (Lipinski definition) is 2. The fourth-order valence-corrected chi connectivity index (χ4v) is 2.90. The number of nitrogens with one attached hydrogen (secondary N) is 1. The number of halogens is 2. The van der Waals surface area contributed by atoms with Crippen LogP contribution in [0.4, 0.5) is 0 Å². The molecule has 5 nitrogen and oxygen atoms in total. The third kappa shape index (κ3) is 2.36. The van der Waals surface area contributed by atoms with Crippen LogP contribution in [0.2, 0.25) is 5.02 Å². The monoisotopic (exact) mass is 366 g/mol. The molecule has 0 fully saturated rings. The lowest BCUT2D eigenvalue weighted by molar-refractivity contribution is 0.0697. The number of benzene rings is 2. The second kappa shape index (κ2) is 5.05. The molecule has 7 heteroatoms. The first-order chi connectivity index (χ1) is 9.97. The Kier molecular flexibility index (Phi) is 3.35. The largest absolute Gasteiger partial charge is 0.478 e. The Hall–Kier alpha value is -2.05. The van der Waals surface area contributed by atoms with Crippen molar-refractivity contribution in [2.24, 2.45) is 0 Å². The number of carbonyl (C=O) groups is 1. The van der Waals surface area contributed by atoms with Gasteiger partial charge in [0.1, 0.15) is 0 Å². The summed E-state index contributed by atoms with van der Waals surface area (Å²) in [5.41, 5.74) is 1.27. The molecule has 0 aliphatic rings. The fraction of sp³-hybridized carbons (Fsp3) is 0. The van der Waals surface area contributed by atoms with Gasteiger partial charge < -0.3 is 10.1 Å². The smallest absolute Gasteiger partial charge is 0.335 e. The molecule has 2 aromatic carbocycles. The van der Waals surface area contributed by atoms with Crippen molar-refractivity contribution < 1.29 is 9.90 Å². The van der Waals surface area contributed by atoms with Crippen LogP contribution in [0.1, 0.15) is 10.4 Å². The van der Waals surface area contributed by atoms with Gasteiger partial charge >= 0.3 is 11.7 Å². The number of hydrogen-bond donors (Lipinski definition) is 2. The van der Waals surface area contributed by atoms with Gasteiger partial charge in [-0.3, -0.25) is 4.57 Å². The van der Waals surface area contributed by atoms with Crippen molar-refractivity contribution in [2.45, 2.75) is 0 Å². The first-order valence-electron chi connectivity index (χ1n) is 5.91. The molecule has 0 bridgehead atoms. The molecule has 0 unspecified atom stereocenters. The molecule has 0 atom stereocenters. The number of aromatic nitrogens is 2. The van der Waals surface area contributed by atoms with E-state index in [0.29, 0.717) is 21.7 Å². The van der Waals surface area contributed by atoms with E-state index in [2.05, 4.69) is 20.9 Å². The molecule has 1 aromatic heterocycles. The fourth-order valence-electron chi connectivity index (χ4n) is 2.15. The summed E-state index contributed by atoms with van der Waals surface area (Å²) in [6.45, 7) is 0. The Balaban J connectivity index is 2.30. The van der Waals surface area contributed by atoms with Crippen LogP contribution in [0, 0.1) is 0 Å². The van der Waals surface area contributed by atoms with Crippen molar-refractivity contribution >= 4 is 44.5 Å². The molecule has 21 heavy (non-hydrogen) atoms. The Morgan fingerprint density at radius 3 is 2.67 bits per heavy atom. The van der Waals surface area contributed by atoms with Gasteiger partial charge in [0.05, 0.1) is 27.3 Å². The molecule has 106 valence electrons. The van der Waals surface area contributed by atoms with Gasteiger partial charge in [0.15, 0.2) is 0 Å². The van der Waals surface area contributed by atoms with Crippen LogP contribution in [-0.4, -0.2) is 20.6 Å². The minimum Gasteiger partial charge on any atom is -0.478 e. The maximum Gasteiger partial charge on any atom is 0.335 e. The zero-order valence-corrected chi connectivity index (χ0v) is 12.8. The van der Waals surface area contributed by atoms with Gasteiger partial charge in [0.2, 0.25) is 0 Å². The lowest BCUT2D eigenvalue weighted by Crippen LogP contribution is -2.14. The highest BCUT2D eigenvalue weighted by molar-refractivity contribution is 9.10. The predicted octanol–water partition coefficient (Wildman–Crippen LogP) is 3.43. The van der Waals surface area contributed by atoms with Crippen molar-refractivity contribution in [3.05, 3.63) is 61.9 Å². The highest BCUT2D eigenvalue weighted by Gasteiger charge is 2.13. The van der Waals surface area contributed by atoms with Crippen LogP contribution >= 0.6 is 27.5 Å². The van der Waals surface area contributed by atoms with Crippen LogP contribution in [0.5, 0.6) is 0 Å². The van der Waals surface area contributed by atoms with E-state index < -0.39 is 5.97 Å². The molecule has 0 aliphatic heterocycles. The first kappa shape index (κ1) is 13.9. The third-order valence-electron chi connectivity index (χ3n) is 3.08. The van der Waals surface area contributed by atoms with E-state index in [-0.39, 0.29) is 11.3 Å². The van der Waals surface area contributed by atoms with E-state index >= 15 is 0 Å². The lowest BCUT2D eigenvalue weighted by Gasteiger charge is -2.06. The molecule has 0 radical (unpaired) electrons. The highest BCUT2D eigenvalue weighted by atomic mass is 79.9. The molecular formula is C14H8BrClN2O3. The summed E-state index contributed by atoms with van der Waals surface area (Å²) < 4.78 is 2.22. The lowest BCUT2D eigenvalue weighted by atomic mass is 10.2. The second-order valence-electron chi connectivity index (χ2n) is 4.40. The Bertz CT molecular complexity index is 930. The van der Waals surface area contributed by atoms with E-state index in [1.54, 1.807) is 24.3 Å². The summed E-state index contributed by atoms with van der Waals surface area (Å²) in [6.07, 6.45) is 0. The minimum absolute atomic E-state index is 0.109. The van der Waals surface area contributed by atoms with Crippen molar-refractivity contribution in [3.63, 3.8) is 0 Å². The zero-order chi connectivity index (χ0) is 15.1. The van der Waals surface area contributed by atoms with Crippen LogP contribution in [0.3, 0.4) is 0 Å². The summed E-state index contributed by atoms with van der Waals surface area (Å²) >= 11 is 9.49. The number of carboxylic acid groups (broad SMARTS) is 1. The summed E-state index contributed by atoms with van der Waals surface area (Å²) in [5, 5.41) is 9.40. The van der Waals surface area contributed by atoms with Gasteiger partial charge in [-0.25, -0.2) is 9.59 Å². The van der Waals surface area contributed by atoms with E-state index in [4.69, 9.17) is 16.7 Å². The normalized spacial score (nSPS) is 11.0. The summed E-state index contributed by atoms with van der Waals surface area (Å²) in [6, 6.07) is 9.62. The quantitative estimate of drug-likeness (QED) is 0.728. The van der Waals surface area contributed by atoms with Gasteiger partial charge in [-0.15, -0.1) is 0 Å². The van der Waals surface area contributed by atoms with E-state index in [0.717, 1.165) is 4.47 Å². The number of fused-ring (bicyclic) bond motifs is 1. The van der Waals surface area contributed by atoms with Gasteiger partial charge in [-0.05, 0) is 36.4 Å². The van der Waals surface area contributed by atoms with Gasteiger partial charge in [0, 0.05) is 4.47 Å². The van der Waals surface area contributed by atoms with Crippen LogP contribution in [0.25, 0.3) is 16.7 Å². The number of rotatable bonds is 2. The SMILES string of the molecule is O=C(O)c1ccc2c(c1)[nH]c(=O)n2-c1ccc(Br)cc1Cl. The maximum absolute atomic E-state index is 12.1. The Morgan fingerprint density at radius 2 is 2.00 bits per heavy atom. The molecule has 0 aliphatic carbocycles. The van der Waals surface area contributed by atoms with Crippen molar-refractivity contribution in [1.29, 1.82) is 0 Å². The van der Waals surface area contributed by atoms with Crippen LogP contribution < -0.4 is 5.69 Å². The standard InChI is InChI=1S/C14H8BrClN2O3/c15-8-2-4-11(9(16)6-8)18-12-3-1-7(13(19)20)5-10(12)17-14(18)21/h1-6H,(H,17,21)(H,19,20). The Labute approximate surface area is 131 Å². The number of imidazole rings is 1. The molecule has 3 aromatic rings. The average Bonchev–Trinajstić information content (AvgIpc) is 2.74. The predicted molar refractivity (Wildman–Crippen MR) is 83.6 cm³/mol. The van der Waals surface area contributed by atoms with Crippen LogP contribution in [-0.2, 0) is 0 Å². The second-order valence-corrected chi connectivity index (χ2v) is 5.72. The molecule has 3 rings (SSSR count). The van der Waals surface area contributed by atoms with E-state index in [1.807, 2.05) is 0 Å². The van der Waals surface area contributed by atoms with Crippen molar-refractivity contribution in [2.75, 3.05) is 0 Å². The topological polar surface area (TPSA) is 75.1 Å². The molecule has 1 heterocycles. The molecule has 0 saturated heterocycles. The molecule has 0 spiro atoms. The molecule has 0 saturated carbocycles. The minimum atomic E-state index is -1.05. The number of nitrogens with zero attached hydrogens (tertiary/aromatic N) is 1. The third-order valence-corrected chi connectivity index (χ3v) is 3.88. The molecule has 0 amide bonds. The number of H-pyrrole nitrogens is 1. The highest BCUT2D eigenvalue weighted by Crippen LogP contribution is 2.26. The summed E-state index contributed by atoms with van der Waals surface area (Å²) in [4.78, 5) is 25.8. The van der Waals surface area contributed by atoms with Gasteiger partial charge in [-0.2, -0.15) is 0 Å². The van der Waals surface area contributed by atoms with Crippen molar-refractivity contribution in [3.8, 4) is 5.69 Å². The van der Waals surface area contributed by atoms with E-state index in [1.165, 1.54) is 16.7 Å². The van der Waals surface area contributed by atoms with Gasteiger partial charge in [0.25, 0.3) is 0 Å². The Morgan fingerprint density at radius 1 is 1.24 bits per heavy atom. The van der Waals surface area contributed by atoms with Crippen molar-refractivity contribution in [1.82, 2.24) is 9.55 Å². The summed E-state index contributed by atoms with van der Waals surface area (Å²) in [7, 11) is 0. The number of carboxylic acids is 1. The van der Waals surface area contributed by atoms with E-state index in [9.17, 15) is 9.59 Å². The van der Waals surface area contributed by atoms with Crippen LogP contribution in [0.15, 0.2) is 45.7 Å². The zero-order valence-electron chi connectivity index (χ0n) is 10.4. The number of aromatic amines is 1. The maximum atomic E-state index is 12.1. The molecule has 2 N–H and O–H groups in total. The average molecular weight is 368 g/mol. The number of aromatic carboxylic acids is 1. The molecular weight excluding hydrogens is 360 g/mol. The first-order valence-corrected chi connectivity index (χ1v) is 7.08. The summed E-state index contributed by atoms with van der Waals surface area (Å²) in [5.74, 6) is -1.05. The van der Waals surface area contributed by atoms with Gasteiger partial charge in [-0.1, -0.05) is 27.5 Å².